The number of nitrogens with one attached hydrogen (secondary N) is 2. The molecule has 23 heavy (non-hydrogen) atoms. The van der Waals surface area contributed by atoms with Gasteiger partial charge in [-0.05, 0) is 42.8 Å². The Balaban J connectivity index is 1.88. The second kappa shape index (κ2) is 7.21. The van der Waals surface area contributed by atoms with Gasteiger partial charge in [0.2, 0.25) is 0 Å². The largest absolute Gasteiger partial charge is 0.484 e. The minimum absolute atomic E-state index is 0.294. The number of halogens is 1. The first kappa shape index (κ1) is 16.9. The van der Waals surface area contributed by atoms with Crippen molar-refractivity contribution in [1.82, 2.24) is 10.3 Å². The van der Waals surface area contributed by atoms with Crippen LogP contribution in [0.25, 0.3) is 0 Å². The molecule has 0 aromatic heterocycles. The quantitative estimate of drug-likeness (QED) is 0.782. The molecule has 0 fully saturated rings. The van der Waals surface area contributed by atoms with E-state index in [1.807, 2.05) is 23.2 Å². The summed E-state index contributed by atoms with van der Waals surface area (Å²) in [4.78, 5) is 13.2. The monoisotopic (exact) mass is 338 g/mol. The molecule has 6 nitrogen and oxygen atoms in total. The highest BCUT2D eigenvalue weighted by molar-refractivity contribution is 7.89. The molecular weight excluding hydrogens is 323 g/mol. The summed E-state index contributed by atoms with van der Waals surface area (Å²) in [5.41, 5.74) is 2.97. The van der Waals surface area contributed by atoms with Gasteiger partial charge < -0.3 is 4.74 Å². The third-order valence-corrected chi connectivity index (χ3v) is 4.04. The number of rotatable bonds is 6. The van der Waals surface area contributed by atoms with Crippen molar-refractivity contribution in [3.05, 3.63) is 59.9 Å². The van der Waals surface area contributed by atoms with E-state index < -0.39 is 21.7 Å². The fraction of sp³-hybridized carbons (Fsp3) is 0.133. The van der Waals surface area contributed by atoms with Crippen molar-refractivity contribution in [2.75, 3.05) is 6.61 Å². The maximum absolute atomic E-state index is 13.0. The summed E-state index contributed by atoms with van der Waals surface area (Å²) in [6, 6.07) is 11.5. The molecule has 0 aliphatic carbocycles. The van der Waals surface area contributed by atoms with Crippen LogP contribution in [0, 0.1) is 12.7 Å². The van der Waals surface area contributed by atoms with Crippen molar-refractivity contribution >= 4 is 15.9 Å². The minimum atomic E-state index is -4.05. The van der Waals surface area contributed by atoms with Crippen molar-refractivity contribution in [2.24, 2.45) is 0 Å². The lowest BCUT2D eigenvalue weighted by atomic mass is 10.2. The SMILES string of the molecule is Cc1cccc(OCC(=O)NNS(=O)(=O)c2cccc(F)c2)c1. The first-order chi connectivity index (χ1) is 10.9. The van der Waals surface area contributed by atoms with Crippen molar-refractivity contribution in [3.8, 4) is 5.75 Å². The highest BCUT2D eigenvalue weighted by Crippen LogP contribution is 2.12. The molecule has 2 N–H and O–H groups in total. The molecule has 0 spiro atoms. The zero-order valence-corrected chi connectivity index (χ0v) is 13.1. The number of hydrogen-bond donors (Lipinski definition) is 2. The van der Waals surface area contributed by atoms with Crippen LogP contribution < -0.4 is 15.0 Å². The molecule has 0 unspecified atom stereocenters. The number of hydrazine groups is 1. The summed E-state index contributed by atoms with van der Waals surface area (Å²) in [6.07, 6.45) is 0. The molecule has 0 heterocycles. The Morgan fingerprint density at radius 3 is 2.61 bits per heavy atom. The highest BCUT2D eigenvalue weighted by atomic mass is 32.2. The van der Waals surface area contributed by atoms with E-state index in [9.17, 15) is 17.6 Å². The third kappa shape index (κ3) is 5.04. The van der Waals surface area contributed by atoms with Crippen molar-refractivity contribution in [3.63, 3.8) is 0 Å². The molecule has 0 radical (unpaired) electrons. The lowest BCUT2D eigenvalue weighted by Gasteiger charge is -2.10. The molecule has 2 aromatic carbocycles. The summed E-state index contributed by atoms with van der Waals surface area (Å²) in [6.45, 7) is 1.51. The van der Waals surface area contributed by atoms with E-state index in [0.29, 0.717) is 5.75 Å². The predicted octanol–water partition coefficient (Wildman–Crippen LogP) is 1.52. The molecular formula is C15H15FN2O4S. The molecule has 2 aromatic rings. The molecule has 0 aliphatic rings. The maximum Gasteiger partial charge on any atom is 0.272 e. The van der Waals surface area contributed by atoms with Gasteiger partial charge in [0.1, 0.15) is 11.6 Å². The van der Waals surface area contributed by atoms with Gasteiger partial charge in [-0.2, -0.15) is 0 Å². The van der Waals surface area contributed by atoms with Crippen molar-refractivity contribution in [2.45, 2.75) is 11.8 Å². The first-order valence-corrected chi connectivity index (χ1v) is 8.11. The second-order valence-electron chi connectivity index (χ2n) is 4.72. The number of carbonyl (C=O) groups is 1. The number of hydrogen-bond acceptors (Lipinski definition) is 4. The fourth-order valence-corrected chi connectivity index (χ4v) is 2.60. The number of benzene rings is 2. The summed E-state index contributed by atoms with van der Waals surface area (Å²) >= 11 is 0. The Kier molecular flexibility index (Phi) is 5.30. The van der Waals surface area contributed by atoms with Gasteiger partial charge in [0.05, 0.1) is 4.90 Å². The van der Waals surface area contributed by atoms with Gasteiger partial charge in [-0.15, -0.1) is 4.83 Å². The Labute approximate surface area is 133 Å². The number of amides is 1. The molecule has 1 amide bonds. The van der Waals surface area contributed by atoms with Gasteiger partial charge in [-0.3, -0.25) is 10.2 Å². The van der Waals surface area contributed by atoms with Gasteiger partial charge in [-0.1, -0.05) is 18.2 Å². The van der Waals surface area contributed by atoms with Gasteiger partial charge in [0.15, 0.2) is 6.61 Å². The Bertz CT molecular complexity index is 809. The van der Waals surface area contributed by atoms with E-state index in [-0.39, 0.29) is 11.5 Å². The average Bonchev–Trinajstić information content (AvgIpc) is 2.51. The van der Waals surface area contributed by atoms with E-state index in [2.05, 4.69) is 0 Å². The third-order valence-electron chi connectivity index (χ3n) is 2.79. The standard InChI is InChI=1S/C15H15FN2O4S/c1-11-4-2-6-13(8-11)22-10-15(19)17-18-23(20,21)14-7-3-5-12(16)9-14/h2-9,18H,10H2,1H3,(H,17,19). The molecule has 0 saturated heterocycles. The molecule has 0 bridgehead atoms. The Morgan fingerprint density at radius 1 is 1.17 bits per heavy atom. The molecule has 0 atom stereocenters. The van der Waals surface area contributed by atoms with Crippen LogP contribution in [-0.2, 0) is 14.8 Å². The zero-order chi connectivity index (χ0) is 16.9. The number of sulfonamides is 1. The maximum atomic E-state index is 13.0. The van der Waals surface area contributed by atoms with E-state index in [1.165, 1.54) is 12.1 Å². The van der Waals surface area contributed by atoms with E-state index in [0.717, 1.165) is 17.7 Å². The van der Waals surface area contributed by atoms with E-state index >= 15 is 0 Å². The summed E-state index contributed by atoms with van der Waals surface area (Å²) in [5.74, 6) is -0.887. The summed E-state index contributed by atoms with van der Waals surface area (Å²) in [7, 11) is -4.05. The van der Waals surface area contributed by atoms with Crippen LogP contribution in [0.1, 0.15) is 5.56 Å². The average molecular weight is 338 g/mol. The van der Waals surface area contributed by atoms with Crippen molar-refractivity contribution < 1.29 is 22.3 Å². The Hall–Kier alpha value is -2.45. The van der Waals surface area contributed by atoms with Crippen LogP contribution in [0.3, 0.4) is 0 Å². The molecule has 122 valence electrons. The minimum Gasteiger partial charge on any atom is -0.484 e. The number of carbonyl (C=O) groups excluding carboxylic acids is 1. The Morgan fingerprint density at radius 2 is 1.91 bits per heavy atom. The van der Waals surface area contributed by atoms with Gasteiger partial charge in [0, 0.05) is 0 Å². The van der Waals surface area contributed by atoms with Gasteiger partial charge in [0.25, 0.3) is 15.9 Å². The fourth-order valence-electron chi connectivity index (χ4n) is 1.71. The van der Waals surface area contributed by atoms with Gasteiger partial charge in [-0.25, -0.2) is 12.8 Å². The lowest BCUT2D eigenvalue weighted by Crippen LogP contribution is -2.43. The number of ether oxygens (including phenoxy) is 1. The molecule has 0 aliphatic heterocycles. The second-order valence-corrected chi connectivity index (χ2v) is 6.40. The zero-order valence-electron chi connectivity index (χ0n) is 12.2. The smallest absolute Gasteiger partial charge is 0.272 e. The summed E-state index contributed by atoms with van der Waals surface area (Å²) < 4.78 is 42.0. The highest BCUT2D eigenvalue weighted by Gasteiger charge is 2.15. The van der Waals surface area contributed by atoms with Crippen LogP contribution in [0.4, 0.5) is 4.39 Å². The van der Waals surface area contributed by atoms with Crippen molar-refractivity contribution in [1.29, 1.82) is 0 Å². The summed E-state index contributed by atoms with van der Waals surface area (Å²) in [5, 5.41) is 0. The normalized spacial score (nSPS) is 11.0. The van der Waals surface area contributed by atoms with E-state index in [1.54, 1.807) is 18.2 Å². The lowest BCUT2D eigenvalue weighted by molar-refractivity contribution is -0.123. The molecule has 0 saturated carbocycles. The molecule has 2 rings (SSSR count). The van der Waals surface area contributed by atoms with Crippen LogP contribution in [-0.4, -0.2) is 20.9 Å². The van der Waals surface area contributed by atoms with Crippen LogP contribution in [0.5, 0.6) is 5.75 Å². The van der Waals surface area contributed by atoms with E-state index in [4.69, 9.17) is 4.74 Å². The van der Waals surface area contributed by atoms with Gasteiger partial charge >= 0.3 is 0 Å². The number of aryl methyl sites for hydroxylation is 1. The van der Waals surface area contributed by atoms with Crippen LogP contribution >= 0.6 is 0 Å². The van der Waals surface area contributed by atoms with Crippen LogP contribution in [0.2, 0.25) is 0 Å². The first-order valence-electron chi connectivity index (χ1n) is 6.62. The molecule has 8 heteroatoms. The topological polar surface area (TPSA) is 84.5 Å². The van der Waals surface area contributed by atoms with Crippen LogP contribution in [0.15, 0.2) is 53.4 Å². The predicted molar refractivity (Wildman–Crippen MR) is 81.5 cm³/mol.